The van der Waals surface area contributed by atoms with Crippen LogP contribution in [0.2, 0.25) is 0 Å². The van der Waals surface area contributed by atoms with E-state index in [0.29, 0.717) is 5.88 Å². The molecular weight excluding hydrogens is 240 g/mol. The molecule has 2 rings (SSSR count). The molecule has 0 fully saturated rings. The number of rotatable bonds is 5. The highest BCUT2D eigenvalue weighted by atomic mass is 35.5. The Morgan fingerprint density at radius 1 is 1.25 bits per heavy atom. The van der Waals surface area contributed by atoms with Gasteiger partial charge in [0.05, 0.1) is 17.9 Å². The van der Waals surface area contributed by atoms with Gasteiger partial charge in [0.1, 0.15) is 0 Å². The molecule has 0 aliphatic heterocycles. The van der Waals surface area contributed by atoms with Crippen LogP contribution in [0.15, 0.2) is 47.8 Å². The van der Waals surface area contributed by atoms with Crippen LogP contribution in [-0.2, 0) is 12.4 Å². The zero-order valence-corrected chi connectivity index (χ0v) is 10.4. The first-order valence-electron chi connectivity index (χ1n) is 5.13. The number of thioether (sulfide) groups is 1. The summed E-state index contributed by atoms with van der Waals surface area (Å²) in [6, 6.07) is 10.4. The molecule has 4 heteroatoms. The lowest BCUT2D eigenvalue weighted by molar-refractivity contribution is 0.770. The van der Waals surface area contributed by atoms with Crippen LogP contribution in [-0.4, -0.2) is 15.3 Å². The molecule has 0 unspecified atom stereocenters. The van der Waals surface area contributed by atoms with Gasteiger partial charge in [0.25, 0.3) is 0 Å². The molecule has 0 atom stereocenters. The molecule has 16 heavy (non-hydrogen) atoms. The van der Waals surface area contributed by atoms with Gasteiger partial charge in [-0.1, -0.05) is 18.2 Å². The first kappa shape index (κ1) is 11.6. The molecule has 1 aromatic heterocycles. The Balaban J connectivity index is 1.80. The van der Waals surface area contributed by atoms with Crippen LogP contribution in [0, 0.1) is 0 Å². The summed E-state index contributed by atoms with van der Waals surface area (Å²) in [5, 5.41) is 0. The second-order valence-corrected chi connectivity index (χ2v) is 4.83. The molecule has 0 radical (unpaired) electrons. The van der Waals surface area contributed by atoms with Gasteiger partial charge in [-0.3, -0.25) is 0 Å². The van der Waals surface area contributed by atoms with Crippen LogP contribution < -0.4 is 0 Å². The predicted molar refractivity (Wildman–Crippen MR) is 69.0 cm³/mol. The Hall–Kier alpha value is -0.930. The summed E-state index contributed by atoms with van der Waals surface area (Å²) in [4.78, 5) is 5.49. The average Bonchev–Trinajstić information content (AvgIpc) is 2.78. The lowest BCUT2D eigenvalue weighted by atomic mass is 10.4. The molecule has 1 aromatic carbocycles. The molecule has 84 valence electrons. The maximum absolute atomic E-state index is 5.69. The quantitative estimate of drug-likeness (QED) is 0.600. The van der Waals surface area contributed by atoms with E-state index in [9.17, 15) is 0 Å². The van der Waals surface area contributed by atoms with Gasteiger partial charge in [0.15, 0.2) is 0 Å². The average molecular weight is 253 g/mol. The van der Waals surface area contributed by atoms with Crippen molar-refractivity contribution in [3.8, 4) is 0 Å². The molecule has 0 bridgehead atoms. The summed E-state index contributed by atoms with van der Waals surface area (Å²) in [6.07, 6.45) is 3.84. The van der Waals surface area contributed by atoms with E-state index in [1.165, 1.54) is 4.90 Å². The largest absolute Gasteiger partial charge is 0.336 e. The van der Waals surface area contributed by atoms with E-state index in [1.807, 2.05) is 30.4 Å². The van der Waals surface area contributed by atoms with E-state index in [2.05, 4.69) is 33.8 Å². The zero-order chi connectivity index (χ0) is 11.2. The molecule has 0 saturated heterocycles. The molecule has 0 amide bonds. The van der Waals surface area contributed by atoms with Gasteiger partial charge in [0.2, 0.25) is 0 Å². The Morgan fingerprint density at radius 2 is 2.06 bits per heavy atom. The third-order valence-corrected chi connectivity index (χ3v) is 3.45. The highest BCUT2D eigenvalue weighted by molar-refractivity contribution is 7.99. The standard InChI is InChI=1S/C12H13ClN2S/c13-8-11-9-15(10-14-11)6-7-16-12-4-2-1-3-5-12/h1-5,9-10H,6-8H2. The van der Waals surface area contributed by atoms with Crippen LogP contribution in [0.3, 0.4) is 0 Å². The molecule has 2 nitrogen and oxygen atoms in total. The number of nitrogens with zero attached hydrogens (tertiary/aromatic N) is 2. The third kappa shape index (κ3) is 3.29. The molecular formula is C12H13ClN2S. The summed E-state index contributed by atoms with van der Waals surface area (Å²) >= 11 is 7.54. The van der Waals surface area contributed by atoms with Gasteiger partial charge in [-0.2, -0.15) is 0 Å². The lowest BCUT2D eigenvalue weighted by Crippen LogP contribution is -1.96. The summed E-state index contributed by atoms with van der Waals surface area (Å²) < 4.78 is 2.08. The Labute approximate surface area is 105 Å². The van der Waals surface area contributed by atoms with E-state index in [0.717, 1.165) is 18.0 Å². The first-order chi connectivity index (χ1) is 7.88. The van der Waals surface area contributed by atoms with Crippen molar-refractivity contribution >= 4 is 23.4 Å². The Kier molecular flexibility index (Phi) is 4.31. The van der Waals surface area contributed by atoms with Crippen molar-refractivity contribution in [2.45, 2.75) is 17.3 Å². The number of aromatic nitrogens is 2. The zero-order valence-electron chi connectivity index (χ0n) is 8.84. The number of aryl methyl sites for hydroxylation is 1. The van der Waals surface area contributed by atoms with Gasteiger partial charge in [-0.15, -0.1) is 23.4 Å². The topological polar surface area (TPSA) is 17.8 Å². The fourth-order valence-corrected chi connectivity index (χ4v) is 2.41. The monoisotopic (exact) mass is 252 g/mol. The van der Waals surface area contributed by atoms with Crippen LogP contribution in [0.5, 0.6) is 0 Å². The van der Waals surface area contributed by atoms with E-state index < -0.39 is 0 Å². The molecule has 0 aliphatic carbocycles. The number of alkyl halides is 1. The number of benzene rings is 1. The summed E-state index contributed by atoms with van der Waals surface area (Å²) in [6.45, 7) is 0.962. The minimum absolute atomic E-state index is 0.485. The Morgan fingerprint density at radius 3 is 2.75 bits per heavy atom. The molecule has 0 aliphatic rings. The van der Waals surface area contributed by atoms with Crippen molar-refractivity contribution in [2.24, 2.45) is 0 Å². The SMILES string of the molecule is ClCc1cn(CCSc2ccccc2)cn1. The summed E-state index contributed by atoms with van der Waals surface area (Å²) in [5.41, 5.74) is 0.936. The van der Waals surface area contributed by atoms with Gasteiger partial charge in [-0.25, -0.2) is 4.98 Å². The van der Waals surface area contributed by atoms with Crippen molar-refractivity contribution in [1.29, 1.82) is 0 Å². The van der Waals surface area contributed by atoms with Crippen molar-refractivity contribution < 1.29 is 0 Å². The van der Waals surface area contributed by atoms with E-state index in [4.69, 9.17) is 11.6 Å². The molecule has 1 heterocycles. The predicted octanol–water partition coefficient (Wildman–Crippen LogP) is 3.41. The second-order valence-electron chi connectivity index (χ2n) is 3.40. The van der Waals surface area contributed by atoms with Crippen LogP contribution >= 0.6 is 23.4 Å². The lowest BCUT2D eigenvalue weighted by Gasteiger charge is -2.02. The molecule has 0 spiro atoms. The second kappa shape index (κ2) is 5.97. The van der Waals surface area contributed by atoms with E-state index in [-0.39, 0.29) is 0 Å². The minimum Gasteiger partial charge on any atom is -0.336 e. The smallest absolute Gasteiger partial charge is 0.0950 e. The van der Waals surface area contributed by atoms with Crippen molar-refractivity contribution in [3.63, 3.8) is 0 Å². The normalized spacial score (nSPS) is 10.6. The molecule has 0 N–H and O–H groups in total. The highest BCUT2D eigenvalue weighted by Gasteiger charge is 1.97. The molecule has 2 aromatic rings. The van der Waals surface area contributed by atoms with E-state index in [1.54, 1.807) is 0 Å². The number of imidazole rings is 1. The fraction of sp³-hybridized carbons (Fsp3) is 0.250. The van der Waals surface area contributed by atoms with E-state index >= 15 is 0 Å². The van der Waals surface area contributed by atoms with Gasteiger partial charge >= 0.3 is 0 Å². The first-order valence-corrected chi connectivity index (χ1v) is 6.65. The third-order valence-electron chi connectivity index (χ3n) is 2.19. The number of hydrogen-bond acceptors (Lipinski definition) is 2. The minimum atomic E-state index is 0.485. The van der Waals surface area contributed by atoms with Crippen LogP contribution in [0.4, 0.5) is 0 Å². The van der Waals surface area contributed by atoms with Crippen molar-refractivity contribution in [2.75, 3.05) is 5.75 Å². The van der Waals surface area contributed by atoms with Gasteiger partial charge < -0.3 is 4.57 Å². The van der Waals surface area contributed by atoms with Crippen molar-refractivity contribution in [1.82, 2.24) is 9.55 Å². The number of hydrogen-bond donors (Lipinski definition) is 0. The number of halogens is 1. The summed E-state index contributed by atoms with van der Waals surface area (Å²) in [7, 11) is 0. The van der Waals surface area contributed by atoms with Gasteiger partial charge in [-0.05, 0) is 12.1 Å². The van der Waals surface area contributed by atoms with Crippen LogP contribution in [0.1, 0.15) is 5.69 Å². The fourth-order valence-electron chi connectivity index (χ4n) is 1.38. The maximum atomic E-state index is 5.69. The maximum Gasteiger partial charge on any atom is 0.0950 e. The highest BCUT2D eigenvalue weighted by Crippen LogP contribution is 2.17. The van der Waals surface area contributed by atoms with Crippen LogP contribution in [0.25, 0.3) is 0 Å². The Bertz CT molecular complexity index is 428. The summed E-state index contributed by atoms with van der Waals surface area (Å²) in [5.74, 6) is 1.53. The van der Waals surface area contributed by atoms with Gasteiger partial charge in [0, 0.05) is 23.4 Å². The van der Waals surface area contributed by atoms with Crippen molar-refractivity contribution in [3.05, 3.63) is 48.5 Å². The molecule has 0 saturated carbocycles.